The molecular weight excluding hydrogens is 462 g/mol. The van der Waals surface area contributed by atoms with E-state index in [9.17, 15) is 13.6 Å². The molecule has 0 radical (unpaired) electrons. The van der Waals surface area contributed by atoms with Gasteiger partial charge in [0.05, 0.1) is 11.0 Å². The van der Waals surface area contributed by atoms with Gasteiger partial charge in [-0.3, -0.25) is 9.69 Å². The number of hydrogen-bond acceptors (Lipinski definition) is 5. The Balaban J connectivity index is 0.00000272. The van der Waals surface area contributed by atoms with Crippen molar-refractivity contribution in [2.75, 3.05) is 17.7 Å². The molecule has 2 heterocycles. The lowest BCUT2D eigenvalue weighted by atomic mass is 10.2. The van der Waals surface area contributed by atoms with Crippen molar-refractivity contribution >= 4 is 56.8 Å². The van der Waals surface area contributed by atoms with Crippen molar-refractivity contribution in [3.05, 3.63) is 72.3 Å². The molecule has 0 aliphatic carbocycles. The van der Waals surface area contributed by atoms with E-state index in [0.29, 0.717) is 34.9 Å². The van der Waals surface area contributed by atoms with E-state index in [-0.39, 0.29) is 23.8 Å². The molecule has 5 nitrogen and oxygen atoms in total. The summed E-state index contributed by atoms with van der Waals surface area (Å²) >= 11 is 2.69. The summed E-state index contributed by atoms with van der Waals surface area (Å²) in [6.07, 6.45) is 7.87. The highest BCUT2D eigenvalue weighted by Gasteiger charge is 2.22. The van der Waals surface area contributed by atoms with Crippen LogP contribution in [0.1, 0.15) is 16.8 Å². The van der Waals surface area contributed by atoms with Crippen LogP contribution in [0.3, 0.4) is 0 Å². The summed E-state index contributed by atoms with van der Waals surface area (Å²) in [6.45, 7) is 1.05. The Kier molecular flexibility index (Phi) is 7.64. The molecule has 4 aromatic rings. The molecular formula is C21H19ClF2N4OS2. The molecule has 0 spiro atoms. The summed E-state index contributed by atoms with van der Waals surface area (Å²) in [6, 6.07) is 9.35. The Hall–Kier alpha value is -2.49. The Morgan fingerprint density at radius 3 is 2.68 bits per heavy atom. The number of halogens is 3. The summed E-state index contributed by atoms with van der Waals surface area (Å²) in [5.74, 6) is -1.63. The minimum Gasteiger partial charge on any atom is -0.337 e. The van der Waals surface area contributed by atoms with Crippen LogP contribution in [0.5, 0.6) is 0 Å². The lowest BCUT2D eigenvalue weighted by molar-refractivity contribution is 0.0986. The number of hydrogen-bond donors (Lipinski definition) is 0. The third kappa shape index (κ3) is 5.23. The van der Waals surface area contributed by atoms with Crippen LogP contribution in [0.25, 0.3) is 10.2 Å². The Labute approximate surface area is 192 Å². The number of imidazole rings is 1. The van der Waals surface area contributed by atoms with Crippen LogP contribution in [-0.4, -0.2) is 33.2 Å². The lowest BCUT2D eigenvalue weighted by Crippen LogP contribution is -2.32. The fourth-order valence-electron chi connectivity index (χ4n) is 3.06. The highest BCUT2D eigenvalue weighted by Crippen LogP contribution is 2.32. The molecule has 0 N–H and O–H groups in total. The fraction of sp³-hybridized carbons (Fsp3) is 0.190. The molecule has 0 aliphatic heterocycles. The van der Waals surface area contributed by atoms with Crippen LogP contribution in [0.15, 0.2) is 60.0 Å². The minimum absolute atomic E-state index is 0. The molecule has 0 saturated heterocycles. The van der Waals surface area contributed by atoms with E-state index in [0.717, 1.165) is 22.3 Å². The van der Waals surface area contributed by atoms with Gasteiger partial charge in [-0.05, 0) is 43.0 Å². The van der Waals surface area contributed by atoms with Gasteiger partial charge in [0.15, 0.2) is 10.9 Å². The van der Waals surface area contributed by atoms with E-state index in [4.69, 9.17) is 0 Å². The van der Waals surface area contributed by atoms with Crippen LogP contribution >= 0.6 is 35.5 Å². The second-order valence-corrected chi connectivity index (χ2v) is 8.46. The molecule has 0 fully saturated rings. The number of amides is 1. The van der Waals surface area contributed by atoms with Gasteiger partial charge < -0.3 is 4.57 Å². The predicted octanol–water partition coefficient (Wildman–Crippen LogP) is 5.65. The topological polar surface area (TPSA) is 51.0 Å². The first kappa shape index (κ1) is 23.2. The number of nitrogens with zero attached hydrogens (tertiary/aromatic N) is 4. The second-order valence-electron chi connectivity index (χ2n) is 6.57. The number of fused-ring (bicyclic) bond motifs is 1. The molecule has 0 unspecified atom stereocenters. The molecule has 0 bridgehead atoms. The number of rotatable bonds is 7. The van der Waals surface area contributed by atoms with E-state index < -0.39 is 11.6 Å². The van der Waals surface area contributed by atoms with Crippen molar-refractivity contribution in [1.82, 2.24) is 14.5 Å². The molecule has 2 aromatic heterocycles. The van der Waals surface area contributed by atoms with Crippen LogP contribution in [0.4, 0.5) is 13.9 Å². The van der Waals surface area contributed by atoms with Gasteiger partial charge in [0.1, 0.15) is 11.3 Å². The first-order valence-corrected chi connectivity index (χ1v) is 11.3. The molecule has 162 valence electrons. The SMILES string of the molecule is CSc1ccc(C(=O)N(CCCn2ccnc2)c2nc3c(F)cc(F)cc3s2)cc1.Cl. The van der Waals surface area contributed by atoms with Crippen molar-refractivity contribution in [3.8, 4) is 0 Å². The quantitative estimate of drug-likeness (QED) is 0.321. The summed E-state index contributed by atoms with van der Waals surface area (Å²) in [4.78, 5) is 24.2. The van der Waals surface area contributed by atoms with Gasteiger partial charge in [0.25, 0.3) is 5.91 Å². The number of aromatic nitrogens is 3. The average molecular weight is 481 g/mol. The van der Waals surface area contributed by atoms with E-state index in [1.54, 1.807) is 36.4 Å². The number of thiazole rings is 1. The Morgan fingerprint density at radius 1 is 1.23 bits per heavy atom. The fourth-order valence-corrected chi connectivity index (χ4v) is 4.50. The van der Waals surface area contributed by atoms with Crippen molar-refractivity contribution in [1.29, 1.82) is 0 Å². The summed E-state index contributed by atoms with van der Waals surface area (Å²) in [7, 11) is 0. The minimum atomic E-state index is -0.734. The van der Waals surface area contributed by atoms with Crippen LogP contribution in [-0.2, 0) is 6.54 Å². The summed E-state index contributed by atoms with van der Waals surface area (Å²) in [5, 5.41) is 0.346. The number of carbonyl (C=O) groups is 1. The predicted molar refractivity (Wildman–Crippen MR) is 124 cm³/mol. The maximum absolute atomic E-state index is 14.2. The standard InChI is InChI=1S/C21H18F2N4OS2.ClH/c1-29-16-5-3-14(4-6-16)20(28)27(9-2-8-26-10-7-24-13-26)21-25-19-17(23)11-15(22)12-18(19)30-21;/h3-7,10-13H,2,8-9H2,1H3;1H. The zero-order valence-electron chi connectivity index (χ0n) is 16.5. The van der Waals surface area contributed by atoms with E-state index in [2.05, 4.69) is 9.97 Å². The third-order valence-electron chi connectivity index (χ3n) is 4.57. The van der Waals surface area contributed by atoms with Crippen molar-refractivity contribution < 1.29 is 13.6 Å². The number of thioether (sulfide) groups is 1. The zero-order chi connectivity index (χ0) is 21.1. The number of aryl methyl sites for hydroxylation is 1. The smallest absolute Gasteiger partial charge is 0.260 e. The van der Waals surface area contributed by atoms with Crippen molar-refractivity contribution in [3.63, 3.8) is 0 Å². The highest BCUT2D eigenvalue weighted by molar-refractivity contribution is 7.98. The highest BCUT2D eigenvalue weighted by atomic mass is 35.5. The van der Waals surface area contributed by atoms with Crippen LogP contribution in [0, 0.1) is 11.6 Å². The monoisotopic (exact) mass is 480 g/mol. The number of carbonyl (C=O) groups excluding carboxylic acids is 1. The second kappa shape index (κ2) is 10.2. The Bertz CT molecular complexity index is 1170. The molecule has 0 atom stereocenters. The van der Waals surface area contributed by atoms with Crippen molar-refractivity contribution in [2.45, 2.75) is 17.9 Å². The Morgan fingerprint density at radius 2 is 2.00 bits per heavy atom. The normalized spacial score (nSPS) is 10.8. The van der Waals surface area contributed by atoms with Crippen molar-refractivity contribution in [2.24, 2.45) is 0 Å². The van der Waals surface area contributed by atoms with Gasteiger partial charge in [0, 0.05) is 42.0 Å². The molecule has 2 aromatic carbocycles. The third-order valence-corrected chi connectivity index (χ3v) is 6.34. The number of benzene rings is 2. The van der Waals surface area contributed by atoms with Gasteiger partial charge in [-0.15, -0.1) is 24.2 Å². The van der Waals surface area contributed by atoms with E-state index >= 15 is 0 Å². The molecule has 0 aliphatic rings. The number of anilines is 1. The average Bonchev–Trinajstić information content (AvgIpc) is 3.41. The van der Waals surface area contributed by atoms with Gasteiger partial charge in [0.2, 0.25) is 0 Å². The maximum atomic E-state index is 14.2. The molecule has 4 rings (SSSR count). The molecule has 1 amide bonds. The van der Waals surface area contributed by atoms with E-state index in [1.807, 2.05) is 29.2 Å². The molecule has 0 saturated carbocycles. The van der Waals surface area contributed by atoms with Gasteiger partial charge in [-0.1, -0.05) is 11.3 Å². The lowest BCUT2D eigenvalue weighted by Gasteiger charge is -2.20. The summed E-state index contributed by atoms with van der Waals surface area (Å²) in [5.41, 5.74) is 0.586. The largest absolute Gasteiger partial charge is 0.337 e. The zero-order valence-corrected chi connectivity index (χ0v) is 18.9. The maximum Gasteiger partial charge on any atom is 0.260 e. The first-order valence-electron chi connectivity index (χ1n) is 9.22. The summed E-state index contributed by atoms with van der Waals surface area (Å²) < 4.78 is 30.1. The van der Waals surface area contributed by atoms with Crippen LogP contribution in [0.2, 0.25) is 0 Å². The van der Waals surface area contributed by atoms with Gasteiger partial charge in [-0.2, -0.15) is 0 Å². The first-order chi connectivity index (χ1) is 14.5. The molecule has 31 heavy (non-hydrogen) atoms. The van der Waals surface area contributed by atoms with E-state index in [1.165, 1.54) is 11.0 Å². The van der Waals surface area contributed by atoms with Crippen LogP contribution < -0.4 is 4.90 Å². The van der Waals surface area contributed by atoms with Gasteiger partial charge >= 0.3 is 0 Å². The molecule has 10 heteroatoms. The van der Waals surface area contributed by atoms with Gasteiger partial charge in [-0.25, -0.2) is 18.7 Å².